The third-order valence-corrected chi connectivity index (χ3v) is 3.24. The minimum atomic E-state index is -1.01. The average molecular weight is 280 g/mol. The number of carboxylic acids is 1. The Hall–Kier alpha value is -1.99. The van der Waals surface area contributed by atoms with E-state index in [9.17, 15) is 9.90 Å². The van der Waals surface area contributed by atoms with Gasteiger partial charge in [-0.2, -0.15) is 0 Å². The zero-order valence-electron chi connectivity index (χ0n) is 8.95. The fraction of sp³-hybridized carbons (Fsp3) is 0. The van der Waals surface area contributed by atoms with Crippen molar-refractivity contribution in [1.82, 2.24) is 4.98 Å². The average Bonchev–Trinajstić information content (AvgIpc) is 2.65. The van der Waals surface area contributed by atoms with Crippen molar-refractivity contribution in [1.29, 1.82) is 0 Å². The first-order valence-electron chi connectivity index (χ1n) is 4.86. The van der Waals surface area contributed by atoms with Gasteiger partial charge in [0.05, 0.1) is 17.5 Å². The predicted octanol–water partition coefficient (Wildman–Crippen LogP) is 2.96. The highest BCUT2D eigenvalue weighted by molar-refractivity contribution is 7.73. The maximum absolute atomic E-state index is 10.8. The standard InChI is InChI=1S/C11H8N2O3S2/c14-9-8(18-11(17)13-9)5-12-7-3-1-2-6(4-7)10(15)16/h1-5,14H,(H,13,17)(H,15,16). The maximum atomic E-state index is 10.8. The number of aromatic nitrogens is 1. The molecule has 1 aromatic heterocycles. The van der Waals surface area contributed by atoms with Gasteiger partial charge in [-0.05, 0) is 30.4 Å². The minimum absolute atomic E-state index is 0.0388. The van der Waals surface area contributed by atoms with Crippen molar-refractivity contribution in [3.63, 3.8) is 0 Å². The lowest BCUT2D eigenvalue weighted by molar-refractivity contribution is 0.0697. The third kappa shape index (κ3) is 2.82. The zero-order valence-corrected chi connectivity index (χ0v) is 10.6. The molecule has 2 rings (SSSR count). The number of aliphatic imine (C=N–C) groups is 1. The van der Waals surface area contributed by atoms with Gasteiger partial charge in [-0.25, -0.2) is 4.79 Å². The lowest BCUT2D eigenvalue weighted by atomic mass is 10.2. The Labute approximate surface area is 111 Å². The molecule has 5 nitrogen and oxygen atoms in total. The number of carbonyl (C=O) groups is 1. The molecule has 0 unspecified atom stereocenters. The highest BCUT2D eigenvalue weighted by Crippen LogP contribution is 2.21. The number of aromatic carboxylic acids is 1. The number of H-pyrrole nitrogens is 1. The van der Waals surface area contributed by atoms with Crippen LogP contribution in [0.25, 0.3) is 0 Å². The third-order valence-electron chi connectivity index (χ3n) is 2.08. The molecule has 0 spiro atoms. The van der Waals surface area contributed by atoms with Crippen LogP contribution >= 0.6 is 23.6 Å². The minimum Gasteiger partial charge on any atom is -0.494 e. The summed E-state index contributed by atoms with van der Waals surface area (Å²) < 4.78 is 0.452. The van der Waals surface area contributed by atoms with Crippen molar-refractivity contribution >= 4 is 41.4 Å². The number of hydrogen-bond donors (Lipinski definition) is 3. The molecule has 0 amide bonds. The van der Waals surface area contributed by atoms with E-state index >= 15 is 0 Å². The van der Waals surface area contributed by atoms with Crippen molar-refractivity contribution in [3.05, 3.63) is 38.7 Å². The van der Waals surface area contributed by atoms with Gasteiger partial charge in [0.15, 0.2) is 3.95 Å². The number of rotatable bonds is 3. The topological polar surface area (TPSA) is 85.7 Å². The summed E-state index contributed by atoms with van der Waals surface area (Å²) in [4.78, 5) is 17.9. The van der Waals surface area contributed by atoms with Gasteiger partial charge in [-0.3, -0.25) is 4.99 Å². The van der Waals surface area contributed by atoms with Crippen LogP contribution in [0.4, 0.5) is 5.69 Å². The van der Waals surface area contributed by atoms with Crippen molar-refractivity contribution in [2.75, 3.05) is 0 Å². The Bertz CT molecular complexity index is 673. The first kappa shape index (κ1) is 12.5. The van der Waals surface area contributed by atoms with E-state index in [-0.39, 0.29) is 11.4 Å². The molecule has 18 heavy (non-hydrogen) atoms. The van der Waals surface area contributed by atoms with Crippen molar-refractivity contribution in [2.45, 2.75) is 0 Å². The summed E-state index contributed by atoms with van der Waals surface area (Å²) in [5.74, 6) is -1.05. The molecule has 0 radical (unpaired) electrons. The van der Waals surface area contributed by atoms with Gasteiger partial charge in [0.25, 0.3) is 0 Å². The van der Waals surface area contributed by atoms with E-state index in [1.165, 1.54) is 29.7 Å². The van der Waals surface area contributed by atoms with Crippen LogP contribution in [-0.2, 0) is 0 Å². The van der Waals surface area contributed by atoms with Crippen LogP contribution in [0.3, 0.4) is 0 Å². The lowest BCUT2D eigenvalue weighted by Gasteiger charge is -1.96. The molecular formula is C11H8N2O3S2. The van der Waals surface area contributed by atoms with Crippen LogP contribution in [0.2, 0.25) is 0 Å². The molecule has 1 aromatic carbocycles. The molecule has 1 heterocycles. The van der Waals surface area contributed by atoms with E-state index in [2.05, 4.69) is 9.98 Å². The molecule has 0 aliphatic heterocycles. The van der Waals surface area contributed by atoms with Crippen molar-refractivity contribution in [3.8, 4) is 5.88 Å². The van der Waals surface area contributed by atoms with Gasteiger partial charge in [-0.1, -0.05) is 17.4 Å². The number of nitrogens with zero attached hydrogens (tertiary/aromatic N) is 1. The lowest BCUT2D eigenvalue weighted by Crippen LogP contribution is -1.94. The summed E-state index contributed by atoms with van der Waals surface area (Å²) in [7, 11) is 0. The highest BCUT2D eigenvalue weighted by Gasteiger charge is 2.03. The van der Waals surface area contributed by atoms with Gasteiger partial charge in [0, 0.05) is 0 Å². The number of aromatic hydroxyl groups is 1. The molecule has 0 saturated carbocycles. The molecule has 0 atom stereocenters. The Morgan fingerprint density at radius 2 is 2.28 bits per heavy atom. The normalized spacial score (nSPS) is 10.9. The van der Waals surface area contributed by atoms with E-state index in [0.717, 1.165) is 0 Å². The predicted molar refractivity (Wildman–Crippen MR) is 71.8 cm³/mol. The molecular weight excluding hydrogens is 272 g/mol. The van der Waals surface area contributed by atoms with Crippen LogP contribution in [0, 0.1) is 3.95 Å². The van der Waals surface area contributed by atoms with Crippen LogP contribution < -0.4 is 0 Å². The van der Waals surface area contributed by atoms with Gasteiger partial charge >= 0.3 is 5.97 Å². The fourth-order valence-corrected chi connectivity index (χ4v) is 2.24. The van der Waals surface area contributed by atoms with Gasteiger partial charge in [0.1, 0.15) is 4.88 Å². The summed E-state index contributed by atoms with van der Waals surface area (Å²) in [6.07, 6.45) is 1.44. The second kappa shape index (κ2) is 5.11. The molecule has 0 aliphatic carbocycles. The summed E-state index contributed by atoms with van der Waals surface area (Å²) in [6, 6.07) is 6.21. The van der Waals surface area contributed by atoms with Crippen LogP contribution in [0.15, 0.2) is 29.3 Å². The molecule has 0 aliphatic rings. The maximum Gasteiger partial charge on any atom is 0.335 e. The van der Waals surface area contributed by atoms with Gasteiger partial charge < -0.3 is 15.2 Å². The monoisotopic (exact) mass is 280 g/mol. The number of benzene rings is 1. The summed E-state index contributed by atoms with van der Waals surface area (Å²) in [5, 5.41) is 18.3. The Morgan fingerprint density at radius 3 is 2.89 bits per heavy atom. The first-order chi connectivity index (χ1) is 8.56. The van der Waals surface area contributed by atoms with E-state index in [1.54, 1.807) is 12.1 Å². The molecule has 0 fully saturated rings. The largest absolute Gasteiger partial charge is 0.494 e. The molecule has 3 N–H and O–H groups in total. The Morgan fingerprint density at radius 1 is 1.50 bits per heavy atom. The smallest absolute Gasteiger partial charge is 0.335 e. The van der Waals surface area contributed by atoms with Crippen LogP contribution in [-0.4, -0.2) is 27.4 Å². The quantitative estimate of drug-likeness (QED) is 0.596. The molecule has 2 aromatic rings. The molecule has 0 saturated heterocycles. The molecule has 7 heteroatoms. The van der Waals surface area contributed by atoms with E-state index < -0.39 is 5.97 Å². The van der Waals surface area contributed by atoms with Gasteiger partial charge in [0.2, 0.25) is 5.88 Å². The zero-order chi connectivity index (χ0) is 13.1. The number of thiazole rings is 1. The van der Waals surface area contributed by atoms with Gasteiger partial charge in [-0.15, -0.1) is 0 Å². The number of aromatic amines is 1. The molecule has 92 valence electrons. The van der Waals surface area contributed by atoms with Crippen LogP contribution in [0.1, 0.15) is 15.2 Å². The second-order valence-corrected chi connectivity index (χ2v) is 5.06. The van der Waals surface area contributed by atoms with Crippen molar-refractivity contribution in [2.24, 2.45) is 4.99 Å². The highest BCUT2D eigenvalue weighted by atomic mass is 32.1. The Kier molecular flexibility index (Phi) is 3.54. The second-order valence-electron chi connectivity index (χ2n) is 3.34. The van der Waals surface area contributed by atoms with E-state index in [1.807, 2.05) is 0 Å². The SMILES string of the molecule is O=C(O)c1cccc(N=Cc2sc(=S)[nH]c2O)c1. The Balaban J connectivity index is 2.29. The number of hydrogen-bond acceptors (Lipinski definition) is 5. The summed E-state index contributed by atoms with van der Waals surface area (Å²) in [6.45, 7) is 0. The van der Waals surface area contributed by atoms with E-state index in [4.69, 9.17) is 17.3 Å². The first-order valence-corrected chi connectivity index (χ1v) is 6.08. The van der Waals surface area contributed by atoms with Crippen molar-refractivity contribution < 1.29 is 15.0 Å². The number of carboxylic acid groups (broad SMARTS) is 1. The summed E-state index contributed by atoms with van der Waals surface area (Å²) >= 11 is 6.06. The summed E-state index contributed by atoms with van der Waals surface area (Å²) in [5.41, 5.74) is 0.657. The fourth-order valence-electron chi connectivity index (χ4n) is 1.27. The van der Waals surface area contributed by atoms with Crippen LogP contribution in [0.5, 0.6) is 5.88 Å². The van der Waals surface area contributed by atoms with E-state index in [0.29, 0.717) is 14.5 Å². The molecule has 0 bridgehead atoms. The number of nitrogens with one attached hydrogen (secondary N) is 1.